The molecule has 0 atom stereocenters. The molecule has 3 rings (SSSR count). The smallest absolute Gasteiger partial charge is 0.234 e. The summed E-state index contributed by atoms with van der Waals surface area (Å²) in [5, 5.41) is 5.77. The number of thiophene rings is 1. The predicted molar refractivity (Wildman–Crippen MR) is 86.6 cm³/mol. The summed E-state index contributed by atoms with van der Waals surface area (Å²) in [4.78, 5) is 15.7. The standard InChI is InChI=1S/C16H17ClN2OS/c17-14-4-2-1-3-12(14)9-18-16(20)11-19-7-5-15-13(10-19)6-8-21-15/h1-4,6,8H,5,7,9-11H2,(H,18,20). The van der Waals surface area contributed by atoms with Gasteiger partial charge in [-0.2, -0.15) is 0 Å². The molecule has 5 heteroatoms. The van der Waals surface area contributed by atoms with Crippen LogP contribution in [0.25, 0.3) is 0 Å². The Bertz CT molecular complexity index is 641. The van der Waals surface area contributed by atoms with Gasteiger partial charge in [0.05, 0.1) is 6.54 Å². The summed E-state index contributed by atoms with van der Waals surface area (Å²) in [5.74, 6) is 0.0496. The molecule has 1 aromatic heterocycles. The summed E-state index contributed by atoms with van der Waals surface area (Å²) in [5.41, 5.74) is 2.32. The van der Waals surface area contributed by atoms with Crippen LogP contribution >= 0.6 is 22.9 Å². The van der Waals surface area contributed by atoms with Gasteiger partial charge in [-0.25, -0.2) is 0 Å². The SMILES string of the molecule is O=C(CN1CCc2sccc2C1)NCc1ccccc1Cl. The number of carbonyl (C=O) groups excluding carboxylic acids is 1. The zero-order valence-electron chi connectivity index (χ0n) is 11.6. The highest BCUT2D eigenvalue weighted by molar-refractivity contribution is 7.10. The quantitative estimate of drug-likeness (QED) is 0.939. The van der Waals surface area contributed by atoms with Crippen LogP contribution in [0.4, 0.5) is 0 Å². The third-order valence-corrected chi connectivity index (χ3v) is 5.08. The topological polar surface area (TPSA) is 32.3 Å². The van der Waals surface area contributed by atoms with E-state index in [9.17, 15) is 4.79 Å². The normalized spacial score (nSPS) is 14.7. The lowest BCUT2D eigenvalue weighted by Gasteiger charge is -2.26. The minimum Gasteiger partial charge on any atom is -0.351 e. The van der Waals surface area contributed by atoms with Crippen LogP contribution in [0, 0.1) is 0 Å². The minimum atomic E-state index is 0.0496. The van der Waals surface area contributed by atoms with E-state index in [-0.39, 0.29) is 5.91 Å². The van der Waals surface area contributed by atoms with Crippen LogP contribution in [-0.4, -0.2) is 23.9 Å². The lowest BCUT2D eigenvalue weighted by Crippen LogP contribution is -2.39. The number of fused-ring (bicyclic) bond motifs is 1. The van der Waals surface area contributed by atoms with E-state index in [4.69, 9.17) is 11.6 Å². The first kappa shape index (κ1) is 14.6. The highest BCUT2D eigenvalue weighted by Gasteiger charge is 2.19. The molecular formula is C16H17ClN2OS. The van der Waals surface area contributed by atoms with Gasteiger partial charge in [-0.3, -0.25) is 9.69 Å². The summed E-state index contributed by atoms with van der Waals surface area (Å²) in [7, 11) is 0. The molecule has 1 aliphatic rings. The van der Waals surface area contributed by atoms with E-state index in [0.29, 0.717) is 18.1 Å². The van der Waals surface area contributed by atoms with Crippen LogP contribution < -0.4 is 5.32 Å². The van der Waals surface area contributed by atoms with Crippen LogP contribution in [0.1, 0.15) is 16.0 Å². The zero-order valence-corrected chi connectivity index (χ0v) is 13.2. The summed E-state index contributed by atoms with van der Waals surface area (Å²) in [6, 6.07) is 9.75. The van der Waals surface area contributed by atoms with Gasteiger partial charge < -0.3 is 5.32 Å². The molecule has 110 valence electrons. The number of carbonyl (C=O) groups is 1. The molecule has 1 aliphatic heterocycles. The average Bonchev–Trinajstić information content (AvgIpc) is 2.94. The van der Waals surface area contributed by atoms with Crippen molar-refractivity contribution in [3.05, 3.63) is 56.7 Å². The summed E-state index contributed by atoms with van der Waals surface area (Å²) in [6.45, 7) is 2.75. The maximum absolute atomic E-state index is 12.1. The Balaban J connectivity index is 1.50. The lowest BCUT2D eigenvalue weighted by molar-refractivity contribution is -0.122. The molecule has 2 aromatic rings. The van der Waals surface area contributed by atoms with Crippen molar-refractivity contribution in [1.29, 1.82) is 0 Å². The van der Waals surface area contributed by atoms with Gasteiger partial charge in [0.2, 0.25) is 5.91 Å². The Labute approximate surface area is 133 Å². The molecule has 0 unspecified atom stereocenters. The van der Waals surface area contributed by atoms with E-state index in [1.807, 2.05) is 35.6 Å². The van der Waals surface area contributed by atoms with Crippen LogP contribution in [0.3, 0.4) is 0 Å². The Morgan fingerprint density at radius 3 is 3.05 bits per heavy atom. The van der Waals surface area contributed by atoms with Crippen molar-refractivity contribution >= 4 is 28.8 Å². The fourth-order valence-corrected chi connectivity index (χ4v) is 3.63. The van der Waals surface area contributed by atoms with Crippen molar-refractivity contribution in [2.75, 3.05) is 13.1 Å². The second-order valence-electron chi connectivity index (χ2n) is 5.20. The lowest BCUT2D eigenvalue weighted by atomic mass is 10.1. The van der Waals surface area contributed by atoms with Gasteiger partial charge in [0.15, 0.2) is 0 Å². The molecule has 0 saturated carbocycles. The summed E-state index contributed by atoms with van der Waals surface area (Å²) < 4.78 is 0. The van der Waals surface area contributed by atoms with E-state index in [2.05, 4.69) is 21.7 Å². The van der Waals surface area contributed by atoms with Crippen molar-refractivity contribution in [2.45, 2.75) is 19.5 Å². The van der Waals surface area contributed by atoms with Crippen LogP contribution in [-0.2, 0) is 24.3 Å². The number of amides is 1. The molecule has 1 amide bonds. The molecule has 1 aromatic carbocycles. The molecule has 21 heavy (non-hydrogen) atoms. The average molecular weight is 321 g/mol. The van der Waals surface area contributed by atoms with Crippen LogP contribution in [0.15, 0.2) is 35.7 Å². The first-order chi connectivity index (χ1) is 10.2. The summed E-state index contributed by atoms with van der Waals surface area (Å²) in [6.07, 6.45) is 1.05. The van der Waals surface area contributed by atoms with Crippen molar-refractivity contribution in [3.8, 4) is 0 Å². The number of nitrogens with zero attached hydrogens (tertiary/aromatic N) is 1. The van der Waals surface area contributed by atoms with Gasteiger partial charge in [0.1, 0.15) is 0 Å². The Morgan fingerprint density at radius 1 is 1.33 bits per heavy atom. The van der Waals surface area contributed by atoms with Gasteiger partial charge in [-0.15, -0.1) is 11.3 Å². The van der Waals surface area contributed by atoms with E-state index in [1.54, 1.807) is 0 Å². The van der Waals surface area contributed by atoms with Crippen molar-refractivity contribution < 1.29 is 4.79 Å². The van der Waals surface area contributed by atoms with Gasteiger partial charge in [-0.05, 0) is 35.1 Å². The number of hydrogen-bond donors (Lipinski definition) is 1. The van der Waals surface area contributed by atoms with Crippen molar-refractivity contribution in [2.24, 2.45) is 0 Å². The monoisotopic (exact) mass is 320 g/mol. The first-order valence-corrected chi connectivity index (χ1v) is 8.26. The van der Waals surface area contributed by atoms with Gasteiger partial charge in [0.25, 0.3) is 0 Å². The van der Waals surface area contributed by atoms with E-state index in [0.717, 1.165) is 25.1 Å². The molecule has 0 bridgehead atoms. The van der Waals surface area contributed by atoms with Gasteiger partial charge in [0, 0.05) is 29.5 Å². The van der Waals surface area contributed by atoms with E-state index in [1.165, 1.54) is 10.4 Å². The third kappa shape index (κ3) is 3.64. The number of hydrogen-bond acceptors (Lipinski definition) is 3. The highest BCUT2D eigenvalue weighted by atomic mass is 35.5. The van der Waals surface area contributed by atoms with Crippen molar-refractivity contribution in [3.63, 3.8) is 0 Å². The molecule has 1 N–H and O–H groups in total. The first-order valence-electron chi connectivity index (χ1n) is 7.00. The van der Waals surface area contributed by atoms with Gasteiger partial charge >= 0.3 is 0 Å². The van der Waals surface area contributed by atoms with Crippen molar-refractivity contribution in [1.82, 2.24) is 10.2 Å². The summed E-state index contributed by atoms with van der Waals surface area (Å²) >= 11 is 7.90. The molecule has 0 spiro atoms. The molecule has 3 nitrogen and oxygen atoms in total. The number of rotatable bonds is 4. The molecule has 2 heterocycles. The zero-order chi connectivity index (χ0) is 14.7. The fraction of sp³-hybridized carbons (Fsp3) is 0.312. The van der Waals surface area contributed by atoms with Gasteiger partial charge in [-0.1, -0.05) is 29.8 Å². The maximum Gasteiger partial charge on any atom is 0.234 e. The predicted octanol–water partition coefficient (Wildman–Crippen LogP) is 3.08. The minimum absolute atomic E-state index is 0.0496. The van der Waals surface area contributed by atoms with Crippen LogP contribution in [0.2, 0.25) is 5.02 Å². The van der Waals surface area contributed by atoms with E-state index >= 15 is 0 Å². The molecule has 0 aliphatic carbocycles. The Kier molecular flexibility index (Phi) is 4.58. The maximum atomic E-state index is 12.1. The largest absolute Gasteiger partial charge is 0.351 e. The number of halogens is 1. The van der Waals surface area contributed by atoms with E-state index < -0.39 is 0 Å². The molecule has 0 saturated heterocycles. The van der Waals surface area contributed by atoms with Crippen LogP contribution in [0.5, 0.6) is 0 Å². The third-order valence-electron chi connectivity index (χ3n) is 3.69. The highest BCUT2D eigenvalue weighted by Crippen LogP contribution is 2.23. The number of benzene rings is 1. The molecule has 0 radical (unpaired) electrons. The Morgan fingerprint density at radius 2 is 2.19 bits per heavy atom. The number of nitrogens with one attached hydrogen (secondary N) is 1. The molecule has 0 fully saturated rings. The second kappa shape index (κ2) is 6.60. The molecular weight excluding hydrogens is 304 g/mol. The fourth-order valence-electron chi connectivity index (χ4n) is 2.54. The Hall–Kier alpha value is -1.36. The second-order valence-corrected chi connectivity index (χ2v) is 6.61.